The molecule has 0 radical (unpaired) electrons. The standard InChI is InChI=1S/C15H22N2O3S/c1-12-3-5-13(6-4-12)15(20)17-11-14(19)16-7-10-21-9-2-8-18/h3-6,18H,2,7-11H2,1H3,(H,16,19)(H,17,20). The summed E-state index contributed by atoms with van der Waals surface area (Å²) >= 11 is 1.68. The van der Waals surface area contributed by atoms with Crippen molar-refractivity contribution in [1.29, 1.82) is 0 Å². The minimum absolute atomic E-state index is 0.0198. The van der Waals surface area contributed by atoms with Gasteiger partial charge in [-0.1, -0.05) is 17.7 Å². The Labute approximate surface area is 129 Å². The minimum Gasteiger partial charge on any atom is -0.396 e. The number of carbonyl (C=O) groups excluding carboxylic acids is 2. The molecule has 0 unspecified atom stereocenters. The third kappa shape index (κ3) is 7.72. The van der Waals surface area contributed by atoms with E-state index in [0.29, 0.717) is 12.1 Å². The molecule has 1 aromatic rings. The van der Waals surface area contributed by atoms with E-state index in [1.165, 1.54) is 0 Å². The number of nitrogens with one attached hydrogen (secondary N) is 2. The fourth-order valence-electron chi connectivity index (χ4n) is 1.56. The van der Waals surface area contributed by atoms with Crippen LogP contribution in [0.4, 0.5) is 0 Å². The molecule has 0 saturated heterocycles. The van der Waals surface area contributed by atoms with E-state index >= 15 is 0 Å². The predicted octanol–water partition coefficient (Wildman–Crippen LogP) is 0.957. The molecule has 0 saturated carbocycles. The Balaban J connectivity index is 2.15. The molecular formula is C15H22N2O3S. The lowest BCUT2D eigenvalue weighted by Gasteiger charge is -2.07. The van der Waals surface area contributed by atoms with Gasteiger partial charge < -0.3 is 15.7 Å². The molecule has 1 aromatic carbocycles. The SMILES string of the molecule is Cc1ccc(C(=O)NCC(=O)NCCSCCCO)cc1. The summed E-state index contributed by atoms with van der Waals surface area (Å²) in [6.07, 6.45) is 0.769. The molecule has 0 aliphatic heterocycles. The molecule has 6 heteroatoms. The van der Waals surface area contributed by atoms with Crippen molar-refractivity contribution in [3.8, 4) is 0 Å². The zero-order valence-electron chi connectivity index (χ0n) is 12.2. The average Bonchev–Trinajstić information content (AvgIpc) is 2.49. The largest absolute Gasteiger partial charge is 0.396 e. The van der Waals surface area contributed by atoms with Crippen LogP contribution in [-0.4, -0.2) is 48.1 Å². The van der Waals surface area contributed by atoms with Crippen molar-refractivity contribution >= 4 is 23.6 Å². The van der Waals surface area contributed by atoms with Gasteiger partial charge in [0, 0.05) is 24.5 Å². The van der Waals surface area contributed by atoms with Crippen molar-refractivity contribution in [1.82, 2.24) is 10.6 Å². The monoisotopic (exact) mass is 310 g/mol. The maximum absolute atomic E-state index is 11.8. The summed E-state index contributed by atoms with van der Waals surface area (Å²) in [7, 11) is 0. The molecule has 0 heterocycles. The van der Waals surface area contributed by atoms with E-state index in [-0.39, 0.29) is 25.0 Å². The Morgan fingerprint density at radius 2 is 1.86 bits per heavy atom. The number of hydrogen-bond donors (Lipinski definition) is 3. The van der Waals surface area contributed by atoms with E-state index in [9.17, 15) is 9.59 Å². The van der Waals surface area contributed by atoms with Crippen LogP contribution in [0.2, 0.25) is 0 Å². The van der Waals surface area contributed by atoms with Crippen LogP contribution in [-0.2, 0) is 4.79 Å². The Kier molecular flexibility index (Phi) is 8.54. The summed E-state index contributed by atoms with van der Waals surface area (Å²) in [5.74, 6) is 1.24. The van der Waals surface area contributed by atoms with Gasteiger partial charge in [0.05, 0.1) is 6.54 Å². The van der Waals surface area contributed by atoms with Crippen LogP contribution in [0.25, 0.3) is 0 Å². The molecule has 1 rings (SSSR count). The van der Waals surface area contributed by atoms with Crippen molar-refractivity contribution in [3.05, 3.63) is 35.4 Å². The van der Waals surface area contributed by atoms with Crippen LogP contribution in [0.15, 0.2) is 24.3 Å². The van der Waals surface area contributed by atoms with Crippen molar-refractivity contribution in [2.45, 2.75) is 13.3 Å². The Morgan fingerprint density at radius 1 is 1.14 bits per heavy atom. The molecule has 0 fully saturated rings. The molecule has 2 amide bonds. The molecule has 0 atom stereocenters. The highest BCUT2D eigenvalue weighted by Gasteiger charge is 2.07. The fraction of sp³-hybridized carbons (Fsp3) is 0.467. The van der Waals surface area contributed by atoms with Gasteiger partial charge in [-0.25, -0.2) is 0 Å². The van der Waals surface area contributed by atoms with Crippen LogP contribution in [0.3, 0.4) is 0 Å². The van der Waals surface area contributed by atoms with Crippen LogP contribution in [0.1, 0.15) is 22.3 Å². The summed E-state index contributed by atoms with van der Waals surface area (Å²) in [6.45, 7) is 2.70. The fourth-order valence-corrected chi connectivity index (χ4v) is 2.35. The first-order valence-corrected chi connectivity index (χ1v) is 8.09. The number of carbonyl (C=O) groups is 2. The molecule has 0 spiro atoms. The minimum atomic E-state index is -0.248. The zero-order valence-corrected chi connectivity index (χ0v) is 13.0. The Hall–Kier alpha value is -1.53. The van der Waals surface area contributed by atoms with Gasteiger partial charge in [0.1, 0.15) is 0 Å². The highest BCUT2D eigenvalue weighted by atomic mass is 32.2. The highest BCUT2D eigenvalue weighted by Crippen LogP contribution is 2.02. The van der Waals surface area contributed by atoms with E-state index in [1.807, 2.05) is 19.1 Å². The first-order valence-electron chi connectivity index (χ1n) is 6.93. The first kappa shape index (κ1) is 17.5. The molecular weight excluding hydrogens is 288 g/mol. The quantitative estimate of drug-likeness (QED) is 0.594. The molecule has 116 valence electrons. The summed E-state index contributed by atoms with van der Waals surface area (Å²) in [6, 6.07) is 7.19. The third-order valence-electron chi connectivity index (χ3n) is 2.74. The van der Waals surface area contributed by atoms with Gasteiger partial charge in [-0.15, -0.1) is 0 Å². The molecule has 3 N–H and O–H groups in total. The van der Waals surface area contributed by atoms with Gasteiger partial charge >= 0.3 is 0 Å². The second kappa shape index (κ2) is 10.2. The normalized spacial score (nSPS) is 10.2. The summed E-state index contributed by atoms with van der Waals surface area (Å²) in [5.41, 5.74) is 1.64. The number of rotatable bonds is 9. The number of thioether (sulfide) groups is 1. The lowest BCUT2D eigenvalue weighted by atomic mass is 10.1. The van der Waals surface area contributed by atoms with Crippen molar-refractivity contribution < 1.29 is 14.7 Å². The smallest absolute Gasteiger partial charge is 0.251 e. The zero-order chi connectivity index (χ0) is 15.5. The second-order valence-corrected chi connectivity index (χ2v) is 5.81. The van der Waals surface area contributed by atoms with E-state index in [1.54, 1.807) is 23.9 Å². The van der Waals surface area contributed by atoms with E-state index < -0.39 is 0 Å². The van der Waals surface area contributed by atoms with Crippen LogP contribution < -0.4 is 10.6 Å². The molecule has 21 heavy (non-hydrogen) atoms. The van der Waals surface area contributed by atoms with E-state index in [0.717, 1.165) is 23.5 Å². The van der Waals surface area contributed by atoms with Crippen molar-refractivity contribution in [2.75, 3.05) is 31.2 Å². The van der Waals surface area contributed by atoms with Gasteiger partial charge in [0.2, 0.25) is 5.91 Å². The van der Waals surface area contributed by atoms with Crippen LogP contribution >= 0.6 is 11.8 Å². The van der Waals surface area contributed by atoms with Gasteiger partial charge in [-0.2, -0.15) is 11.8 Å². The third-order valence-corrected chi connectivity index (χ3v) is 3.81. The average molecular weight is 310 g/mol. The second-order valence-electron chi connectivity index (χ2n) is 4.59. The highest BCUT2D eigenvalue weighted by molar-refractivity contribution is 7.99. The van der Waals surface area contributed by atoms with Gasteiger partial charge in [-0.3, -0.25) is 9.59 Å². The predicted molar refractivity (Wildman–Crippen MR) is 85.5 cm³/mol. The first-order chi connectivity index (χ1) is 10.1. The van der Waals surface area contributed by atoms with Gasteiger partial charge in [0.25, 0.3) is 5.91 Å². The number of aliphatic hydroxyl groups is 1. The summed E-state index contributed by atoms with van der Waals surface area (Å²) in [5, 5.41) is 13.9. The van der Waals surface area contributed by atoms with E-state index in [2.05, 4.69) is 10.6 Å². The topological polar surface area (TPSA) is 78.4 Å². The van der Waals surface area contributed by atoms with E-state index in [4.69, 9.17) is 5.11 Å². The molecule has 5 nitrogen and oxygen atoms in total. The number of aliphatic hydroxyl groups excluding tert-OH is 1. The van der Waals surface area contributed by atoms with Crippen LogP contribution in [0.5, 0.6) is 0 Å². The Bertz CT molecular complexity index is 449. The van der Waals surface area contributed by atoms with Gasteiger partial charge in [0.15, 0.2) is 0 Å². The molecule has 0 aromatic heterocycles. The Morgan fingerprint density at radius 3 is 2.52 bits per heavy atom. The summed E-state index contributed by atoms with van der Waals surface area (Å²) < 4.78 is 0. The lowest BCUT2D eigenvalue weighted by Crippen LogP contribution is -2.37. The lowest BCUT2D eigenvalue weighted by molar-refractivity contribution is -0.120. The summed E-state index contributed by atoms with van der Waals surface area (Å²) in [4.78, 5) is 23.3. The van der Waals surface area contributed by atoms with Gasteiger partial charge in [-0.05, 0) is 31.2 Å². The van der Waals surface area contributed by atoms with Crippen LogP contribution in [0, 0.1) is 6.92 Å². The van der Waals surface area contributed by atoms with Crippen molar-refractivity contribution in [3.63, 3.8) is 0 Å². The number of aryl methyl sites for hydroxylation is 1. The maximum Gasteiger partial charge on any atom is 0.251 e. The molecule has 0 bridgehead atoms. The number of hydrogen-bond acceptors (Lipinski definition) is 4. The maximum atomic E-state index is 11.8. The molecule has 0 aliphatic carbocycles. The van der Waals surface area contributed by atoms with Crippen molar-refractivity contribution in [2.24, 2.45) is 0 Å². The number of amides is 2. The molecule has 0 aliphatic rings. The number of benzene rings is 1.